The molecule has 1 N–H and O–H groups in total. The molecule has 4 fully saturated rings. The third kappa shape index (κ3) is 3.75. The Bertz CT molecular complexity index is 765. The lowest BCUT2D eigenvalue weighted by Gasteiger charge is -2.57. The molecular formula is C24H28ClNO. The molecule has 142 valence electrons. The molecule has 3 heteroatoms. The van der Waals surface area contributed by atoms with Crippen LogP contribution in [0.3, 0.4) is 0 Å². The minimum atomic E-state index is 0.425. The normalized spacial score (nSPS) is 31.2. The van der Waals surface area contributed by atoms with Crippen LogP contribution in [0.1, 0.15) is 49.7 Å². The first-order chi connectivity index (χ1) is 13.2. The fourth-order valence-corrected chi connectivity index (χ4v) is 6.29. The quantitative estimate of drug-likeness (QED) is 0.664. The van der Waals surface area contributed by atoms with Crippen LogP contribution in [0.2, 0.25) is 5.02 Å². The van der Waals surface area contributed by atoms with Crippen molar-refractivity contribution >= 4 is 11.6 Å². The average molecular weight is 382 g/mol. The largest absolute Gasteiger partial charge is 0.489 e. The van der Waals surface area contributed by atoms with Gasteiger partial charge in [0.05, 0.1) is 0 Å². The van der Waals surface area contributed by atoms with Crippen molar-refractivity contribution in [2.75, 3.05) is 0 Å². The van der Waals surface area contributed by atoms with Crippen molar-refractivity contribution in [2.45, 2.75) is 57.2 Å². The van der Waals surface area contributed by atoms with Crippen LogP contribution in [0, 0.1) is 17.8 Å². The summed E-state index contributed by atoms with van der Waals surface area (Å²) in [7, 11) is 0. The Kier molecular flexibility index (Phi) is 4.65. The first-order valence-corrected chi connectivity index (χ1v) is 10.8. The molecule has 0 saturated heterocycles. The molecule has 27 heavy (non-hydrogen) atoms. The Balaban J connectivity index is 1.17. The predicted octanol–water partition coefficient (Wildman–Crippen LogP) is 5.98. The van der Waals surface area contributed by atoms with E-state index in [-0.39, 0.29) is 0 Å². The van der Waals surface area contributed by atoms with Gasteiger partial charge in [-0.15, -0.1) is 0 Å². The van der Waals surface area contributed by atoms with Crippen molar-refractivity contribution in [1.29, 1.82) is 0 Å². The highest BCUT2D eigenvalue weighted by atomic mass is 35.5. The molecule has 2 aromatic carbocycles. The van der Waals surface area contributed by atoms with Crippen molar-refractivity contribution in [1.82, 2.24) is 5.32 Å². The van der Waals surface area contributed by atoms with Crippen LogP contribution in [0.15, 0.2) is 48.5 Å². The van der Waals surface area contributed by atoms with Crippen LogP contribution in [-0.2, 0) is 13.2 Å². The summed E-state index contributed by atoms with van der Waals surface area (Å²) in [5.74, 6) is 3.87. The van der Waals surface area contributed by atoms with Gasteiger partial charge >= 0.3 is 0 Å². The summed E-state index contributed by atoms with van der Waals surface area (Å²) in [6.07, 6.45) is 8.70. The highest BCUT2D eigenvalue weighted by molar-refractivity contribution is 6.31. The zero-order valence-electron chi connectivity index (χ0n) is 15.8. The monoisotopic (exact) mass is 381 g/mol. The molecule has 6 rings (SSSR count). The third-order valence-corrected chi connectivity index (χ3v) is 7.35. The van der Waals surface area contributed by atoms with Gasteiger partial charge in [-0.25, -0.2) is 0 Å². The highest BCUT2D eigenvalue weighted by Crippen LogP contribution is 2.55. The average Bonchev–Trinajstić information content (AvgIpc) is 2.66. The molecular weight excluding hydrogens is 354 g/mol. The van der Waals surface area contributed by atoms with Gasteiger partial charge in [0.2, 0.25) is 0 Å². The Morgan fingerprint density at radius 2 is 1.52 bits per heavy atom. The summed E-state index contributed by atoms with van der Waals surface area (Å²) in [5.41, 5.74) is 2.79. The molecule has 2 nitrogen and oxygen atoms in total. The molecule has 4 bridgehead atoms. The molecule has 0 spiro atoms. The maximum atomic E-state index is 6.20. The van der Waals surface area contributed by atoms with Gasteiger partial charge in [0.1, 0.15) is 12.4 Å². The number of benzene rings is 2. The Labute approximate surface area is 167 Å². The van der Waals surface area contributed by atoms with E-state index >= 15 is 0 Å². The van der Waals surface area contributed by atoms with E-state index in [2.05, 4.69) is 29.6 Å². The standard InChI is InChI=1S/C24H28ClNO/c25-23-4-2-1-3-21(23)16-27-22-7-5-17(6-8-22)15-26-24-12-18-9-19(13-24)11-20(10-18)14-24/h1-8,18-20,26H,9-16H2. The Morgan fingerprint density at radius 1 is 0.889 bits per heavy atom. The maximum absolute atomic E-state index is 6.20. The van der Waals surface area contributed by atoms with E-state index in [4.69, 9.17) is 16.3 Å². The molecule has 0 atom stereocenters. The van der Waals surface area contributed by atoms with Crippen LogP contribution >= 0.6 is 11.6 Å². The van der Waals surface area contributed by atoms with Crippen molar-refractivity contribution in [3.05, 3.63) is 64.7 Å². The molecule has 0 amide bonds. The molecule has 0 heterocycles. The summed E-state index contributed by atoms with van der Waals surface area (Å²) in [4.78, 5) is 0. The lowest BCUT2D eigenvalue weighted by molar-refractivity contribution is -0.0206. The molecule has 0 radical (unpaired) electrons. The Morgan fingerprint density at radius 3 is 2.15 bits per heavy atom. The number of rotatable bonds is 6. The third-order valence-electron chi connectivity index (χ3n) is 6.98. The van der Waals surface area contributed by atoms with E-state index in [0.29, 0.717) is 12.1 Å². The lowest BCUT2D eigenvalue weighted by atomic mass is 9.53. The highest BCUT2D eigenvalue weighted by Gasteiger charge is 2.50. The van der Waals surface area contributed by atoms with Crippen LogP contribution in [0.4, 0.5) is 0 Å². The van der Waals surface area contributed by atoms with Crippen LogP contribution in [-0.4, -0.2) is 5.54 Å². The zero-order valence-corrected chi connectivity index (χ0v) is 16.5. The number of nitrogens with one attached hydrogen (secondary N) is 1. The van der Waals surface area contributed by atoms with Crippen LogP contribution < -0.4 is 10.1 Å². The second-order valence-electron chi connectivity index (χ2n) is 9.08. The van der Waals surface area contributed by atoms with Crippen LogP contribution in [0.25, 0.3) is 0 Å². The molecule has 4 aliphatic rings. The van der Waals surface area contributed by atoms with Gasteiger partial charge in [-0.1, -0.05) is 41.9 Å². The van der Waals surface area contributed by atoms with Gasteiger partial charge in [0.25, 0.3) is 0 Å². The molecule has 4 saturated carbocycles. The van der Waals surface area contributed by atoms with E-state index in [1.54, 1.807) is 0 Å². The van der Waals surface area contributed by atoms with Crippen LogP contribution in [0.5, 0.6) is 5.75 Å². The summed E-state index contributed by atoms with van der Waals surface area (Å²) >= 11 is 6.20. The molecule has 0 aromatic heterocycles. The summed E-state index contributed by atoms with van der Waals surface area (Å²) in [6.45, 7) is 1.47. The molecule has 0 unspecified atom stereocenters. The van der Waals surface area contributed by atoms with Gasteiger partial charge < -0.3 is 10.1 Å². The topological polar surface area (TPSA) is 21.3 Å². The fraction of sp³-hybridized carbons (Fsp3) is 0.500. The minimum absolute atomic E-state index is 0.425. The van der Waals surface area contributed by atoms with Crippen molar-refractivity contribution in [2.24, 2.45) is 17.8 Å². The van der Waals surface area contributed by atoms with E-state index in [0.717, 1.165) is 40.6 Å². The zero-order chi connectivity index (χ0) is 18.3. The van der Waals surface area contributed by atoms with Crippen molar-refractivity contribution in [3.63, 3.8) is 0 Å². The van der Waals surface area contributed by atoms with Gasteiger partial charge in [-0.3, -0.25) is 0 Å². The van der Waals surface area contributed by atoms with Crippen molar-refractivity contribution in [3.8, 4) is 5.75 Å². The minimum Gasteiger partial charge on any atom is -0.489 e. The number of hydrogen-bond acceptors (Lipinski definition) is 2. The SMILES string of the molecule is Clc1ccccc1COc1ccc(CNC23CC4CC(CC(C4)C2)C3)cc1. The first kappa shape index (κ1) is 17.6. The molecule has 2 aromatic rings. The number of ether oxygens (including phenoxy) is 1. The second kappa shape index (κ2) is 7.14. The van der Waals surface area contributed by atoms with Gasteiger partial charge in [-0.05, 0) is 80.0 Å². The van der Waals surface area contributed by atoms with Crippen molar-refractivity contribution < 1.29 is 4.74 Å². The molecule has 0 aliphatic heterocycles. The fourth-order valence-electron chi connectivity index (χ4n) is 6.10. The van der Waals surface area contributed by atoms with Gasteiger partial charge in [0, 0.05) is 22.7 Å². The van der Waals surface area contributed by atoms with E-state index in [1.165, 1.54) is 44.1 Å². The smallest absolute Gasteiger partial charge is 0.119 e. The predicted molar refractivity (Wildman–Crippen MR) is 110 cm³/mol. The van der Waals surface area contributed by atoms with E-state index in [9.17, 15) is 0 Å². The maximum Gasteiger partial charge on any atom is 0.119 e. The van der Waals surface area contributed by atoms with E-state index < -0.39 is 0 Å². The first-order valence-electron chi connectivity index (χ1n) is 10.4. The summed E-state index contributed by atoms with van der Waals surface area (Å²) in [5, 5.41) is 4.73. The van der Waals surface area contributed by atoms with Gasteiger partial charge in [-0.2, -0.15) is 0 Å². The number of halogens is 1. The summed E-state index contributed by atoms with van der Waals surface area (Å²) < 4.78 is 5.90. The summed E-state index contributed by atoms with van der Waals surface area (Å²) in [6, 6.07) is 16.4. The second-order valence-corrected chi connectivity index (χ2v) is 9.48. The molecule has 4 aliphatic carbocycles. The Hall–Kier alpha value is -1.51. The van der Waals surface area contributed by atoms with Gasteiger partial charge in [0.15, 0.2) is 0 Å². The van der Waals surface area contributed by atoms with E-state index in [1.807, 2.05) is 24.3 Å². The lowest BCUT2D eigenvalue weighted by Crippen LogP contribution is -2.58. The number of hydrogen-bond donors (Lipinski definition) is 1.